The molecule has 13 heavy (non-hydrogen) atoms. The van der Waals surface area contributed by atoms with Gasteiger partial charge >= 0.3 is 0 Å². The Hall–Kier alpha value is 0.260. The van der Waals surface area contributed by atoms with Gasteiger partial charge in [0, 0.05) is 18.1 Å². The van der Waals surface area contributed by atoms with Gasteiger partial charge in [-0.05, 0) is 25.1 Å². The molecule has 1 rings (SSSR count). The second-order valence-corrected chi connectivity index (χ2v) is 6.95. The number of sulfone groups is 1. The zero-order valence-electron chi connectivity index (χ0n) is 8.12. The van der Waals surface area contributed by atoms with E-state index in [1.165, 1.54) is 6.26 Å². The summed E-state index contributed by atoms with van der Waals surface area (Å²) in [4.78, 5) is 0. The number of thioether (sulfide) groups is 1. The lowest BCUT2D eigenvalue weighted by molar-refractivity contribution is 0.443. The zero-order chi connectivity index (χ0) is 9.90. The van der Waals surface area contributed by atoms with Crippen molar-refractivity contribution in [3.8, 4) is 0 Å². The highest BCUT2D eigenvalue weighted by Gasteiger charge is 2.26. The standard InChI is InChI=1S/C8H17NO2S2/c1-9-8-6-12-5-7(8)3-4-13(2,10)11/h7-9H,3-6H2,1-2H3. The average molecular weight is 223 g/mol. The molecule has 1 fully saturated rings. The molecule has 1 aliphatic heterocycles. The third-order valence-corrected chi connectivity index (χ3v) is 4.66. The molecule has 78 valence electrons. The molecule has 2 unspecified atom stereocenters. The van der Waals surface area contributed by atoms with E-state index in [0.717, 1.165) is 17.9 Å². The minimum Gasteiger partial charge on any atom is -0.316 e. The summed E-state index contributed by atoms with van der Waals surface area (Å²) in [6.07, 6.45) is 2.11. The van der Waals surface area contributed by atoms with Crippen LogP contribution in [-0.2, 0) is 9.84 Å². The Kier molecular flexibility index (Phi) is 4.06. The first-order valence-electron chi connectivity index (χ1n) is 4.45. The number of rotatable bonds is 4. The molecule has 0 amide bonds. The first kappa shape index (κ1) is 11.3. The SMILES string of the molecule is CNC1CSCC1CCS(C)(=O)=O. The molecule has 1 saturated heterocycles. The highest BCUT2D eigenvalue weighted by molar-refractivity contribution is 7.99. The largest absolute Gasteiger partial charge is 0.316 e. The van der Waals surface area contributed by atoms with E-state index in [0.29, 0.717) is 17.7 Å². The molecule has 1 aliphatic rings. The second kappa shape index (κ2) is 4.66. The van der Waals surface area contributed by atoms with Crippen LogP contribution in [0, 0.1) is 5.92 Å². The maximum Gasteiger partial charge on any atom is 0.147 e. The van der Waals surface area contributed by atoms with Gasteiger partial charge in [-0.25, -0.2) is 8.42 Å². The van der Waals surface area contributed by atoms with Crippen molar-refractivity contribution in [2.45, 2.75) is 12.5 Å². The third-order valence-electron chi connectivity index (χ3n) is 2.43. The molecule has 5 heteroatoms. The van der Waals surface area contributed by atoms with Gasteiger partial charge in [0.15, 0.2) is 0 Å². The lowest BCUT2D eigenvalue weighted by Gasteiger charge is -2.16. The van der Waals surface area contributed by atoms with Gasteiger partial charge in [-0.1, -0.05) is 0 Å². The van der Waals surface area contributed by atoms with Crippen molar-refractivity contribution in [2.24, 2.45) is 5.92 Å². The topological polar surface area (TPSA) is 46.2 Å². The van der Waals surface area contributed by atoms with E-state index in [4.69, 9.17) is 0 Å². The van der Waals surface area contributed by atoms with Gasteiger partial charge in [0.1, 0.15) is 9.84 Å². The smallest absolute Gasteiger partial charge is 0.147 e. The van der Waals surface area contributed by atoms with E-state index in [2.05, 4.69) is 5.32 Å². The summed E-state index contributed by atoms with van der Waals surface area (Å²) in [6, 6.07) is 0.506. The van der Waals surface area contributed by atoms with Crippen molar-refractivity contribution in [1.82, 2.24) is 5.32 Å². The van der Waals surface area contributed by atoms with Gasteiger partial charge in [-0.15, -0.1) is 0 Å². The normalized spacial score (nSPS) is 29.4. The molecule has 0 aromatic carbocycles. The molecular weight excluding hydrogens is 206 g/mol. The van der Waals surface area contributed by atoms with Crippen molar-refractivity contribution >= 4 is 21.6 Å². The minimum absolute atomic E-state index is 0.330. The highest BCUT2D eigenvalue weighted by Crippen LogP contribution is 2.26. The fraction of sp³-hybridized carbons (Fsp3) is 1.00. The molecule has 0 aliphatic carbocycles. The van der Waals surface area contributed by atoms with Crippen molar-refractivity contribution in [3.05, 3.63) is 0 Å². The Morgan fingerprint density at radius 2 is 2.15 bits per heavy atom. The second-order valence-electron chi connectivity index (χ2n) is 3.61. The summed E-state index contributed by atoms with van der Waals surface area (Å²) in [5, 5.41) is 3.23. The molecule has 1 N–H and O–H groups in total. The number of hydrogen-bond acceptors (Lipinski definition) is 4. The van der Waals surface area contributed by atoms with Crippen LogP contribution in [0.4, 0.5) is 0 Å². The molecule has 0 saturated carbocycles. The fourth-order valence-electron chi connectivity index (χ4n) is 1.57. The Bertz CT molecular complexity index is 251. The molecule has 3 nitrogen and oxygen atoms in total. The predicted molar refractivity (Wildman–Crippen MR) is 58.0 cm³/mol. The summed E-state index contributed by atoms with van der Waals surface area (Å²) in [7, 11) is -0.832. The monoisotopic (exact) mass is 223 g/mol. The number of hydrogen-bond donors (Lipinski definition) is 1. The van der Waals surface area contributed by atoms with Crippen LogP contribution < -0.4 is 5.32 Å². The Labute approximate surface area is 84.6 Å². The Balaban J connectivity index is 2.36. The summed E-state index contributed by atoms with van der Waals surface area (Å²) < 4.78 is 21.9. The molecule has 0 bridgehead atoms. The van der Waals surface area contributed by atoms with Crippen molar-refractivity contribution in [1.29, 1.82) is 0 Å². The molecule has 0 aromatic heterocycles. The maximum absolute atomic E-state index is 11.0. The first-order chi connectivity index (χ1) is 6.03. The molecule has 2 atom stereocenters. The van der Waals surface area contributed by atoms with Crippen LogP contribution in [0.2, 0.25) is 0 Å². The fourth-order valence-corrected chi connectivity index (χ4v) is 3.83. The zero-order valence-corrected chi connectivity index (χ0v) is 9.75. The first-order valence-corrected chi connectivity index (χ1v) is 7.67. The van der Waals surface area contributed by atoms with Crippen molar-refractivity contribution in [2.75, 3.05) is 30.6 Å². The van der Waals surface area contributed by atoms with Gasteiger partial charge in [-0.3, -0.25) is 0 Å². The summed E-state index contributed by atoms with van der Waals surface area (Å²) in [5.41, 5.74) is 0. The van der Waals surface area contributed by atoms with Crippen LogP contribution in [0.15, 0.2) is 0 Å². The van der Waals surface area contributed by atoms with Crippen LogP contribution in [0.1, 0.15) is 6.42 Å². The van der Waals surface area contributed by atoms with Crippen LogP contribution in [0.5, 0.6) is 0 Å². The molecule has 0 spiro atoms. The predicted octanol–water partition coefficient (Wildman–Crippen LogP) is 0.372. The molecular formula is C8H17NO2S2. The van der Waals surface area contributed by atoms with Gasteiger partial charge in [-0.2, -0.15) is 11.8 Å². The molecule has 0 radical (unpaired) electrons. The van der Waals surface area contributed by atoms with E-state index in [1.807, 2.05) is 18.8 Å². The lowest BCUT2D eigenvalue weighted by atomic mass is 10.0. The van der Waals surface area contributed by atoms with Crippen LogP contribution >= 0.6 is 11.8 Å². The lowest BCUT2D eigenvalue weighted by Crippen LogP contribution is -2.33. The van der Waals surface area contributed by atoms with Gasteiger partial charge in [0.2, 0.25) is 0 Å². The highest BCUT2D eigenvalue weighted by atomic mass is 32.2. The van der Waals surface area contributed by atoms with Crippen LogP contribution in [0.3, 0.4) is 0 Å². The van der Waals surface area contributed by atoms with Crippen LogP contribution in [0.25, 0.3) is 0 Å². The van der Waals surface area contributed by atoms with Crippen molar-refractivity contribution in [3.63, 3.8) is 0 Å². The minimum atomic E-state index is -2.78. The molecule has 1 heterocycles. The van der Waals surface area contributed by atoms with E-state index in [9.17, 15) is 8.42 Å². The van der Waals surface area contributed by atoms with E-state index < -0.39 is 9.84 Å². The summed E-state index contributed by atoms with van der Waals surface area (Å²) in [6.45, 7) is 0. The third kappa shape index (κ3) is 3.87. The van der Waals surface area contributed by atoms with E-state index >= 15 is 0 Å². The van der Waals surface area contributed by atoms with Gasteiger partial charge in [0.05, 0.1) is 5.75 Å². The average Bonchev–Trinajstić information content (AvgIpc) is 2.46. The number of nitrogens with one attached hydrogen (secondary N) is 1. The summed E-state index contributed by atoms with van der Waals surface area (Å²) in [5.74, 6) is 3.08. The maximum atomic E-state index is 11.0. The quantitative estimate of drug-likeness (QED) is 0.748. The summed E-state index contributed by atoms with van der Waals surface area (Å²) >= 11 is 1.91. The van der Waals surface area contributed by atoms with Gasteiger partial charge in [0.25, 0.3) is 0 Å². The Morgan fingerprint density at radius 1 is 1.46 bits per heavy atom. The Morgan fingerprint density at radius 3 is 2.69 bits per heavy atom. The van der Waals surface area contributed by atoms with E-state index in [1.54, 1.807) is 0 Å². The van der Waals surface area contributed by atoms with Crippen molar-refractivity contribution < 1.29 is 8.42 Å². The van der Waals surface area contributed by atoms with E-state index in [-0.39, 0.29) is 0 Å². The molecule has 0 aromatic rings. The van der Waals surface area contributed by atoms with Crippen LogP contribution in [-0.4, -0.2) is 45.0 Å². The van der Waals surface area contributed by atoms with Gasteiger partial charge < -0.3 is 5.32 Å².